The van der Waals surface area contributed by atoms with Crippen LogP contribution in [0.15, 0.2) is 42.7 Å². The SMILES string of the molecule is Cc1cc(F)ccc1CC(O)Cc1cccnc1. The second-order valence-electron chi connectivity index (χ2n) is 4.49. The van der Waals surface area contributed by atoms with Gasteiger partial charge in [-0.1, -0.05) is 12.1 Å². The van der Waals surface area contributed by atoms with Crippen molar-refractivity contribution in [2.24, 2.45) is 0 Å². The molecule has 1 atom stereocenters. The largest absolute Gasteiger partial charge is 0.392 e. The van der Waals surface area contributed by atoms with Gasteiger partial charge in [-0.3, -0.25) is 4.98 Å². The smallest absolute Gasteiger partial charge is 0.123 e. The van der Waals surface area contributed by atoms with Gasteiger partial charge in [-0.2, -0.15) is 0 Å². The van der Waals surface area contributed by atoms with Crippen LogP contribution in [0.4, 0.5) is 4.39 Å². The molecule has 1 heterocycles. The highest BCUT2D eigenvalue weighted by Gasteiger charge is 2.09. The van der Waals surface area contributed by atoms with Gasteiger partial charge in [0.1, 0.15) is 5.82 Å². The third-order valence-electron chi connectivity index (χ3n) is 2.95. The second-order valence-corrected chi connectivity index (χ2v) is 4.49. The van der Waals surface area contributed by atoms with Crippen LogP contribution in [-0.2, 0) is 12.8 Å². The van der Waals surface area contributed by atoms with E-state index in [1.54, 1.807) is 18.5 Å². The molecule has 0 saturated carbocycles. The van der Waals surface area contributed by atoms with E-state index in [0.717, 1.165) is 16.7 Å². The Morgan fingerprint density at radius 1 is 1.28 bits per heavy atom. The minimum Gasteiger partial charge on any atom is -0.392 e. The van der Waals surface area contributed by atoms with Crippen LogP contribution in [0.25, 0.3) is 0 Å². The molecule has 94 valence electrons. The summed E-state index contributed by atoms with van der Waals surface area (Å²) in [5.41, 5.74) is 2.86. The van der Waals surface area contributed by atoms with Crippen molar-refractivity contribution < 1.29 is 9.50 Å². The highest BCUT2D eigenvalue weighted by atomic mass is 19.1. The van der Waals surface area contributed by atoms with Crippen molar-refractivity contribution in [3.8, 4) is 0 Å². The molecule has 18 heavy (non-hydrogen) atoms. The van der Waals surface area contributed by atoms with Crippen molar-refractivity contribution in [1.29, 1.82) is 0 Å². The van der Waals surface area contributed by atoms with E-state index in [0.29, 0.717) is 12.8 Å². The van der Waals surface area contributed by atoms with E-state index in [2.05, 4.69) is 4.98 Å². The fourth-order valence-corrected chi connectivity index (χ4v) is 2.01. The second kappa shape index (κ2) is 5.74. The Morgan fingerprint density at radius 3 is 2.78 bits per heavy atom. The zero-order valence-corrected chi connectivity index (χ0v) is 10.3. The number of hydrogen-bond acceptors (Lipinski definition) is 2. The maximum atomic E-state index is 13.0. The average Bonchev–Trinajstić information content (AvgIpc) is 2.34. The normalized spacial score (nSPS) is 12.4. The van der Waals surface area contributed by atoms with Crippen LogP contribution in [-0.4, -0.2) is 16.2 Å². The molecular formula is C15H16FNO. The van der Waals surface area contributed by atoms with Crippen molar-refractivity contribution in [1.82, 2.24) is 4.98 Å². The molecule has 1 aromatic carbocycles. The van der Waals surface area contributed by atoms with Crippen molar-refractivity contribution in [3.05, 3.63) is 65.2 Å². The molecule has 3 heteroatoms. The van der Waals surface area contributed by atoms with Crippen molar-refractivity contribution >= 4 is 0 Å². The standard InChI is InChI=1S/C15H16FNO/c1-11-7-14(16)5-4-13(11)9-15(18)8-12-3-2-6-17-10-12/h2-7,10,15,18H,8-9H2,1H3. The lowest BCUT2D eigenvalue weighted by molar-refractivity contribution is 0.175. The number of aromatic nitrogens is 1. The molecule has 0 aliphatic rings. The highest BCUT2D eigenvalue weighted by molar-refractivity contribution is 5.27. The van der Waals surface area contributed by atoms with E-state index in [-0.39, 0.29) is 5.82 Å². The van der Waals surface area contributed by atoms with Crippen molar-refractivity contribution in [2.75, 3.05) is 0 Å². The predicted octanol–water partition coefficient (Wildman–Crippen LogP) is 2.68. The fraction of sp³-hybridized carbons (Fsp3) is 0.267. The zero-order chi connectivity index (χ0) is 13.0. The Morgan fingerprint density at radius 2 is 2.11 bits per heavy atom. The number of hydrogen-bond donors (Lipinski definition) is 1. The molecule has 1 N–H and O–H groups in total. The molecule has 0 aliphatic carbocycles. The number of pyridine rings is 1. The quantitative estimate of drug-likeness (QED) is 0.898. The van der Waals surface area contributed by atoms with Gasteiger partial charge >= 0.3 is 0 Å². The Bertz CT molecular complexity index is 513. The van der Waals surface area contributed by atoms with Gasteiger partial charge in [0.15, 0.2) is 0 Å². The van der Waals surface area contributed by atoms with Gasteiger partial charge < -0.3 is 5.11 Å². The van der Waals surface area contributed by atoms with Gasteiger partial charge in [-0.15, -0.1) is 0 Å². The number of aliphatic hydroxyl groups is 1. The van der Waals surface area contributed by atoms with Crippen LogP contribution in [0.3, 0.4) is 0 Å². The van der Waals surface area contributed by atoms with Crippen LogP contribution in [0.2, 0.25) is 0 Å². The summed E-state index contributed by atoms with van der Waals surface area (Å²) >= 11 is 0. The minimum atomic E-state index is -0.474. The average molecular weight is 245 g/mol. The summed E-state index contributed by atoms with van der Waals surface area (Å²) in [6.07, 6.45) is 4.07. The number of benzene rings is 1. The summed E-state index contributed by atoms with van der Waals surface area (Å²) < 4.78 is 13.0. The first kappa shape index (κ1) is 12.7. The number of halogens is 1. The molecule has 1 unspecified atom stereocenters. The maximum Gasteiger partial charge on any atom is 0.123 e. The fourth-order valence-electron chi connectivity index (χ4n) is 2.01. The first-order valence-electron chi connectivity index (χ1n) is 5.97. The van der Waals surface area contributed by atoms with Crippen LogP contribution < -0.4 is 0 Å². The molecule has 2 nitrogen and oxygen atoms in total. The zero-order valence-electron chi connectivity index (χ0n) is 10.3. The lowest BCUT2D eigenvalue weighted by atomic mass is 9.99. The predicted molar refractivity (Wildman–Crippen MR) is 68.8 cm³/mol. The van der Waals surface area contributed by atoms with E-state index in [1.165, 1.54) is 12.1 Å². The molecule has 2 aromatic rings. The minimum absolute atomic E-state index is 0.238. The molecule has 0 amide bonds. The van der Waals surface area contributed by atoms with Gasteiger partial charge in [-0.05, 0) is 48.2 Å². The summed E-state index contributed by atoms with van der Waals surface area (Å²) in [7, 11) is 0. The highest BCUT2D eigenvalue weighted by Crippen LogP contribution is 2.14. The van der Waals surface area contributed by atoms with Crippen LogP contribution in [0.5, 0.6) is 0 Å². The molecular weight excluding hydrogens is 229 g/mol. The molecule has 2 rings (SSSR count). The van der Waals surface area contributed by atoms with Gasteiger partial charge in [0.05, 0.1) is 6.10 Å². The third-order valence-corrected chi connectivity index (χ3v) is 2.95. The van der Waals surface area contributed by atoms with Crippen molar-refractivity contribution in [3.63, 3.8) is 0 Å². The number of rotatable bonds is 4. The molecule has 0 saturated heterocycles. The van der Waals surface area contributed by atoms with Crippen LogP contribution in [0.1, 0.15) is 16.7 Å². The van der Waals surface area contributed by atoms with E-state index >= 15 is 0 Å². The molecule has 0 spiro atoms. The van der Waals surface area contributed by atoms with Crippen LogP contribution >= 0.6 is 0 Å². The summed E-state index contributed by atoms with van der Waals surface area (Å²) in [6.45, 7) is 1.86. The van der Waals surface area contributed by atoms with E-state index in [9.17, 15) is 9.50 Å². The molecule has 0 fully saturated rings. The van der Waals surface area contributed by atoms with E-state index in [1.807, 2.05) is 19.1 Å². The van der Waals surface area contributed by atoms with Crippen molar-refractivity contribution in [2.45, 2.75) is 25.9 Å². The van der Waals surface area contributed by atoms with Gasteiger partial charge in [0.2, 0.25) is 0 Å². The first-order valence-corrected chi connectivity index (χ1v) is 5.97. The topological polar surface area (TPSA) is 33.1 Å². The molecule has 0 radical (unpaired) electrons. The number of aryl methyl sites for hydroxylation is 1. The lowest BCUT2D eigenvalue weighted by Crippen LogP contribution is -2.14. The van der Waals surface area contributed by atoms with E-state index < -0.39 is 6.10 Å². The Kier molecular flexibility index (Phi) is 4.05. The first-order chi connectivity index (χ1) is 8.65. The molecule has 0 aliphatic heterocycles. The van der Waals surface area contributed by atoms with E-state index in [4.69, 9.17) is 0 Å². The summed E-state index contributed by atoms with van der Waals surface area (Å²) in [5.74, 6) is -0.238. The number of aliphatic hydroxyl groups excluding tert-OH is 1. The third kappa shape index (κ3) is 3.37. The summed E-state index contributed by atoms with van der Waals surface area (Å²) in [6, 6.07) is 8.45. The molecule has 0 bridgehead atoms. The van der Waals surface area contributed by atoms with Gasteiger partial charge in [0.25, 0.3) is 0 Å². The Labute approximate surface area is 106 Å². The lowest BCUT2D eigenvalue weighted by Gasteiger charge is -2.12. The number of nitrogens with zero attached hydrogens (tertiary/aromatic N) is 1. The summed E-state index contributed by atoms with van der Waals surface area (Å²) in [5, 5.41) is 10.0. The van der Waals surface area contributed by atoms with Crippen LogP contribution in [0, 0.1) is 12.7 Å². The maximum absolute atomic E-state index is 13.0. The van der Waals surface area contributed by atoms with Gasteiger partial charge in [-0.25, -0.2) is 4.39 Å². The Balaban J connectivity index is 2.01. The molecule has 1 aromatic heterocycles. The summed E-state index contributed by atoms with van der Waals surface area (Å²) in [4.78, 5) is 4.01. The van der Waals surface area contributed by atoms with Gasteiger partial charge in [0, 0.05) is 18.8 Å². The Hall–Kier alpha value is -1.74. The monoisotopic (exact) mass is 245 g/mol.